The fourth-order valence-corrected chi connectivity index (χ4v) is 4.43. The highest BCUT2D eigenvalue weighted by atomic mass is 127. The van der Waals surface area contributed by atoms with E-state index in [4.69, 9.17) is 0 Å². The first-order chi connectivity index (χ1) is 12.2. The number of aliphatic imine (C=N–C) groups is 1. The van der Waals surface area contributed by atoms with Crippen molar-refractivity contribution in [3.8, 4) is 0 Å². The number of nitrogens with one attached hydrogen (secondary N) is 1. The third-order valence-corrected chi connectivity index (χ3v) is 6.14. The molecule has 0 radical (unpaired) electrons. The molecular formula is C20H29IN4O. The number of anilines is 1. The van der Waals surface area contributed by atoms with Gasteiger partial charge in [-0.2, -0.15) is 0 Å². The number of benzene rings is 1. The maximum Gasteiger partial charge on any atom is 0.227 e. The molecule has 26 heavy (non-hydrogen) atoms. The maximum atomic E-state index is 11.8. The normalized spacial score (nSPS) is 21.7. The number of amides is 1. The summed E-state index contributed by atoms with van der Waals surface area (Å²) >= 11 is 0. The third kappa shape index (κ3) is 3.85. The molecule has 1 N–H and O–H groups in total. The summed E-state index contributed by atoms with van der Waals surface area (Å²) in [5, 5.41) is 3.51. The fraction of sp³-hybridized carbons (Fsp3) is 0.600. The smallest absolute Gasteiger partial charge is 0.227 e. The molecule has 0 aromatic heterocycles. The molecule has 0 bridgehead atoms. The Morgan fingerprint density at radius 1 is 1.15 bits per heavy atom. The molecule has 6 heteroatoms. The van der Waals surface area contributed by atoms with Gasteiger partial charge in [0.15, 0.2) is 5.96 Å². The Morgan fingerprint density at radius 2 is 1.92 bits per heavy atom. The van der Waals surface area contributed by atoms with Crippen molar-refractivity contribution in [3.05, 3.63) is 29.8 Å². The number of carbonyl (C=O) groups excluding carboxylic acids is 1. The van der Waals surface area contributed by atoms with E-state index in [0.29, 0.717) is 11.8 Å². The lowest BCUT2D eigenvalue weighted by atomic mass is 9.68. The van der Waals surface area contributed by atoms with E-state index in [1.165, 1.54) is 31.2 Å². The second kappa shape index (κ2) is 8.15. The molecule has 1 aromatic rings. The van der Waals surface area contributed by atoms with Crippen molar-refractivity contribution < 1.29 is 4.79 Å². The minimum Gasteiger partial charge on any atom is -0.352 e. The molecule has 2 heterocycles. The molecule has 142 valence electrons. The van der Waals surface area contributed by atoms with Crippen LogP contribution < -0.4 is 10.2 Å². The molecule has 1 saturated carbocycles. The Bertz CT molecular complexity index is 669. The zero-order valence-electron chi connectivity index (χ0n) is 15.5. The van der Waals surface area contributed by atoms with Crippen LogP contribution in [0.1, 0.15) is 44.1 Å². The molecule has 1 amide bonds. The summed E-state index contributed by atoms with van der Waals surface area (Å²) in [5.74, 6) is 1.26. The van der Waals surface area contributed by atoms with Gasteiger partial charge in [0, 0.05) is 45.3 Å². The number of halogens is 1. The largest absolute Gasteiger partial charge is 0.352 e. The predicted octanol–water partition coefficient (Wildman–Crippen LogP) is 3.38. The Balaban J connectivity index is 0.00000196. The van der Waals surface area contributed by atoms with Gasteiger partial charge in [-0.3, -0.25) is 9.79 Å². The molecule has 1 spiro atoms. The molecule has 1 aromatic carbocycles. The summed E-state index contributed by atoms with van der Waals surface area (Å²) in [5.41, 5.74) is 2.82. The Morgan fingerprint density at radius 3 is 2.46 bits per heavy atom. The van der Waals surface area contributed by atoms with Crippen molar-refractivity contribution in [2.24, 2.45) is 10.4 Å². The predicted molar refractivity (Wildman–Crippen MR) is 116 cm³/mol. The highest BCUT2D eigenvalue weighted by Gasteiger charge is 2.43. The minimum absolute atomic E-state index is 0. The molecule has 3 aliphatic rings. The van der Waals surface area contributed by atoms with Crippen LogP contribution in [0.25, 0.3) is 0 Å². The highest BCUT2D eigenvalue weighted by Crippen LogP contribution is 2.47. The van der Waals surface area contributed by atoms with Gasteiger partial charge >= 0.3 is 0 Å². The van der Waals surface area contributed by atoms with Crippen LogP contribution >= 0.6 is 24.0 Å². The molecule has 5 nitrogen and oxygen atoms in total. The topological polar surface area (TPSA) is 47.9 Å². The molecule has 1 aliphatic carbocycles. The van der Waals surface area contributed by atoms with Crippen molar-refractivity contribution in [3.63, 3.8) is 0 Å². The van der Waals surface area contributed by atoms with Crippen LogP contribution in [-0.2, 0) is 11.3 Å². The average Bonchev–Trinajstić information content (AvgIpc) is 3.23. The molecule has 3 fully saturated rings. The van der Waals surface area contributed by atoms with Crippen LogP contribution in [0.2, 0.25) is 0 Å². The van der Waals surface area contributed by atoms with E-state index in [9.17, 15) is 4.79 Å². The van der Waals surface area contributed by atoms with Gasteiger partial charge in [0.2, 0.25) is 5.91 Å². The molecule has 0 atom stereocenters. The Labute approximate surface area is 173 Å². The molecule has 0 unspecified atom stereocenters. The second-order valence-corrected chi connectivity index (χ2v) is 7.74. The zero-order chi connectivity index (χ0) is 17.3. The lowest BCUT2D eigenvalue weighted by Crippen LogP contribution is -2.42. The number of rotatable bonds is 3. The lowest BCUT2D eigenvalue weighted by molar-refractivity contribution is -0.117. The number of guanidine groups is 1. The van der Waals surface area contributed by atoms with Gasteiger partial charge in [-0.15, -0.1) is 24.0 Å². The van der Waals surface area contributed by atoms with E-state index in [1.807, 2.05) is 11.9 Å². The molecule has 4 rings (SSSR count). The number of hydrogen-bond acceptors (Lipinski definition) is 2. The Hall–Kier alpha value is -1.31. The fourth-order valence-electron chi connectivity index (χ4n) is 4.43. The van der Waals surface area contributed by atoms with Gasteiger partial charge in [-0.25, -0.2) is 0 Å². The van der Waals surface area contributed by atoms with Crippen LogP contribution in [0.5, 0.6) is 0 Å². The van der Waals surface area contributed by atoms with Gasteiger partial charge in [0.25, 0.3) is 0 Å². The van der Waals surface area contributed by atoms with Crippen molar-refractivity contribution >= 4 is 41.5 Å². The van der Waals surface area contributed by atoms with Crippen molar-refractivity contribution in [1.29, 1.82) is 0 Å². The minimum atomic E-state index is 0. The Kier molecular flexibility index (Phi) is 6.10. The SMILES string of the molecule is CN=C(NCc1ccc(N2CCCC2=O)cc1)N1CCC2(CCC2)C1.I. The molecule has 2 aliphatic heterocycles. The summed E-state index contributed by atoms with van der Waals surface area (Å²) < 4.78 is 0. The maximum absolute atomic E-state index is 11.8. The van der Waals surface area contributed by atoms with Crippen molar-refractivity contribution in [1.82, 2.24) is 10.2 Å². The van der Waals surface area contributed by atoms with E-state index in [1.54, 1.807) is 0 Å². The van der Waals surface area contributed by atoms with Crippen LogP contribution in [0.3, 0.4) is 0 Å². The lowest BCUT2D eigenvalue weighted by Gasteiger charge is -2.38. The van der Waals surface area contributed by atoms with Crippen molar-refractivity contribution in [2.45, 2.75) is 45.1 Å². The average molecular weight is 468 g/mol. The van der Waals surface area contributed by atoms with Crippen LogP contribution in [-0.4, -0.2) is 43.4 Å². The van der Waals surface area contributed by atoms with Crippen LogP contribution in [0.4, 0.5) is 5.69 Å². The molecular weight excluding hydrogens is 439 g/mol. The van der Waals surface area contributed by atoms with E-state index in [2.05, 4.69) is 39.5 Å². The third-order valence-electron chi connectivity index (χ3n) is 6.14. The van der Waals surface area contributed by atoms with Gasteiger partial charge in [0.05, 0.1) is 0 Å². The monoisotopic (exact) mass is 468 g/mol. The van der Waals surface area contributed by atoms with Gasteiger partial charge in [0.1, 0.15) is 0 Å². The quantitative estimate of drug-likeness (QED) is 0.421. The summed E-state index contributed by atoms with van der Waals surface area (Å²) in [6, 6.07) is 8.33. The van der Waals surface area contributed by atoms with E-state index in [-0.39, 0.29) is 29.9 Å². The van der Waals surface area contributed by atoms with Gasteiger partial charge < -0.3 is 15.1 Å². The van der Waals surface area contributed by atoms with Gasteiger partial charge in [-0.1, -0.05) is 18.6 Å². The molecule has 2 saturated heterocycles. The first-order valence-electron chi connectivity index (χ1n) is 9.54. The zero-order valence-corrected chi connectivity index (χ0v) is 17.9. The number of nitrogens with zero attached hydrogens (tertiary/aromatic N) is 3. The van der Waals surface area contributed by atoms with Crippen molar-refractivity contribution in [2.75, 3.05) is 31.6 Å². The second-order valence-electron chi connectivity index (χ2n) is 7.74. The number of carbonyl (C=O) groups is 1. The summed E-state index contributed by atoms with van der Waals surface area (Å²) in [7, 11) is 1.87. The highest BCUT2D eigenvalue weighted by molar-refractivity contribution is 14.0. The first-order valence-corrected chi connectivity index (χ1v) is 9.54. The van der Waals surface area contributed by atoms with E-state index in [0.717, 1.165) is 44.2 Å². The summed E-state index contributed by atoms with van der Waals surface area (Å²) in [6.45, 7) is 3.89. The number of likely N-dealkylation sites (tertiary alicyclic amines) is 1. The first kappa shape index (κ1) is 19.5. The standard InChI is InChI=1S/C20H28N4O.HI/c1-21-19(23-13-11-20(15-23)9-3-10-20)22-14-16-5-7-17(8-6-16)24-12-2-4-18(24)25;/h5-8H,2-4,9-15H2,1H3,(H,21,22);1H. The summed E-state index contributed by atoms with van der Waals surface area (Å²) in [6.07, 6.45) is 7.12. The van der Waals surface area contributed by atoms with E-state index < -0.39 is 0 Å². The number of hydrogen-bond donors (Lipinski definition) is 1. The van der Waals surface area contributed by atoms with Crippen LogP contribution in [0, 0.1) is 5.41 Å². The van der Waals surface area contributed by atoms with Crippen LogP contribution in [0.15, 0.2) is 29.3 Å². The summed E-state index contributed by atoms with van der Waals surface area (Å²) in [4.78, 5) is 20.6. The van der Waals surface area contributed by atoms with E-state index >= 15 is 0 Å². The van der Waals surface area contributed by atoms with Gasteiger partial charge in [-0.05, 0) is 48.8 Å².